The molecule has 0 aliphatic carbocycles. The number of amides is 1. The van der Waals surface area contributed by atoms with Crippen LogP contribution in [0.2, 0.25) is 0 Å². The van der Waals surface area contributed by atoms with Crippen LogP contribution in [0.3, 0.4) is 0 Å². The zero-order chi connectivity index (χ0) is 13.5. The van der Waals surface area contributed by atoms with Crippen molar-refractivity contribution in [3.8, 4) is 0 Å². The van der Waals surface area contributed by atoms with Gasteiger partial charge in [-0.25, -0.2) is 0 Å². The molecule has 1 heterocycles. The van der Waals surface area contributed by atoms with Gasteiger partial charge in [0.15, 0.2) is 0 Å². The monoisotopic (exact) mass is 270 g/mol. The second-order valence-electron chi connectivity index (χ2n) is 3.87. The van der Waals surface area contributed by atoms with Gasteiger partial charge in [0.1, 0.15) is 0 Å². The largest absolute Gasteiger partial charge is 0.469 e. The molecule has 0 fully saturated rings. The molecule has 2 atom stereocenters. The van der Waals surface area contributed by atoms with Crippen LogP contribution in [0.15, 0.2) is 17.5 Å². The number of methoxy groups -OCH3 is 1. The van der Waals surface area contributed by atoms with E-state index in [4.69, 9.17) is 5.73 Å². The predicted molar refractivity (Wildman–Crippen MR) is 70.1 cm³/mol. The van der Waals surface area contributed by atoms with Gasteiger partial charge < -0.3 is 15.8 Å². The van der Waals surface area contributed by atoms with Crippen molar-refractivity contribution in [2.75, 3.05) is 7.11 Å². The summed E-state index contributed by atoms with van der Waals surface area (Å²) in [4.78, 5) is 24.0. The molecule has 0 bridgehead atoms. The topological polar surface area (TPSA) is 81.4 Å². The van der Waals surface area contributed by atoms with Crippen LogP contribution in [0.5, 0.6) is 0 Å². The number of nitrogens with two attached hydrogens (primary N) is 1. The average Bonchev–Trinajstić information content (AvgIpc) is 2.90. The Morgan fingerprint density at radius 1 is 1.56 bits per heavy atom. The molecular weight excluding hydrogens is 252 g/mol. The molecule has 0 radical (unpaired) electrons. The second kappa shape index (κ2) is 7.13. The molecule has 1 aromatic heterocycles. The first-order chi connectivity index (χ1) is 8.58. The maximum atomic E-state index is 11.8. The van der Waals surface area contributed by atoms with E-state index < -0.39 is 6.04 Å². The van der Waals surface area contributed by atoms with Gasteiger partial charge in [-0.05, 0) is 17.9 Å². The molecule has 1 rings (SSSR count). The molecule has 1 aromatic rings. The molecule has 0 aliphatic heterocycles. The minimum atomic E-state index is -0.551. The fourth-order valence-electron chi connectivity index (χ4n) is 1.43. The Hall–Kier alpha value is -1.40. The number of hydrogen-bond donors (Lipinski definition) is 2. The number of carbonyl (C=O) groups is 2. The number of thiophene rings is 1. The van der Waals surface area contributed by atoms with Gasteiger partial charge in [0.05, 0.1) is 25.6 Å². The summed E-state index contributed by atoms with van der Waals surface area (Å²) in [5.74, 6) is -0.612. The predicted octanol–water partition coefficient (Wildman–Crippen LogP) is 1.21. The summed E-state index contributed by atoms with van der Waals surface area (Å²) < 4.78 is 4.63. The van der Waals surface area contributed by atoms with E-state index in [9.17, 15) is 9.59 Å². The normalized spacial score (nSPS) is 13.7. The minimum Gasteiger partial charge on any atom is -0.469 e. The summed E-state index contributed by atoms with van der Waals surface area (Å²) in [6.45, 7) is 1.84. The quantitative estimate of drug-likeness (QED) is 0.761. The maximum Gasteiger partial charge on any atom is 0.307 e. The van der Waals surface area contributed by atoms with Gasteiger partial charge in [-0.1, -0.05) is 13.0 Å². The zero-order valence-corrected chi connectivity index (χ0v) is 11.3. The third kappa shape index (κ3) is 4.12. The van der Waals surface area contributed by atoms with Crippen LogP contribution in [-0.4, -0.2) is 25.0 Å². The van der Waals surface area contributed by atoms with Crippen molar-refractivity contribution in [1.82, 2.24) is 5.32 Å². The molecule has 0 saturated carbocycles. The highest BCUT2D eigenvalue weighted by Crippen LogP contribution is 2.22. The number of carbonyl (C=O) groups excluding carboxylic acids is 2. The lowest BCUT2D eigenvalue weighted by Crippen LogP contribution is -2.42. The second-order valence-corrected chi connectivity index (χ2v) is 4.85. The smallest absolute Gasteiger partial charge is 0.307 e. The first-order valence-corrected chi connectivity index (χ1v) is 6.62. The number of esters is 1. The van der Waals surface area contributed by atoms with Crippen molar-refractivity contribution in [3.63, 3.8) is 0 Å². The Morgan fingerprint density at radius 3 is 2.78 bits per heavy atom. The van der Waals surface area contributed by atoms with E-state index >= 15 is 0 Å². The number of nitrogens with one attached hydrogen (secondary N) is 1. The Balaban J connectivity index is 2.72. The minimum absolute atomic E-state index is 0.110. The van der Waals surface area contributed by atoms with Crippen LogP contribution in [0.1, 0.15) is 30.7 Å². The van der Waals surface area contributed by atoms with Crippen LogP contribution >= 0.6 is 11.3 Å². The van der Waals surface area contributed by atoms with Crippen LogP contribution < -0.4 is 11.1 Å². The molecule has 0 saturated heterocycles. The molecule has 6 heteroatoms. The molecule has 0 aliphatic rings. The van der Waals surface area contributed by atoms with Gasteiger partial charge in [0.25, 0.3) is 0 Å². The molecule has 1 unspecified atom stereocenters. The Morgan fingerprint density at radius 2 is 2.28 bits per heavy atom. The number of rotatable bonds is 6. The molecule has 3 N–H and O–H groups in total. The molecule has 100 valence electrons. The van der Waals surface area contributed by atoms with E-state index in [1.165, 1.54) is 18.4 Å². The van der Waals surface area contributed by atoms with Crippen LogP contribution in [0.25, 0.3) is 0 Å². The van der Waals surface area contributed by atoms with Crippen LogP contribution in [0.4, 0.5) is 0 Å². The molecule has 18 heavy (non-hydrogen) atoms. The van der Waals surface area contributed by atoms with Crippen molar-refractivity contribution in [1.29, 1.82) is 0 Å². The van der Waals surface area contributed by atoms with E-state index in [2.05, 4.69) is 10.1 Å². The van der Waals surface area contributed by atoms with E-state index in [1.807, 2.05) is 24.4 Å². The SMILES string of the molecule is CC[C@@H](N)C(=O)NC(CC(=O)OC)c1cccs1. The van der Waals surface area contributed by atoms with Gasteiger partial charge >= 0.3 is 5.97 Å². The standard InChI is InChI=1S/C12H18N2O3S/c1-3-8(13)12(16)14-9(7-11(15)17-2)10-5-4-6-18-10/h4-6,8-9H,3,7,13H2,1-2H3,(H,14,16)/t8-,9?/m1/s1. The highest BCUT2D eigenvalue weighted by molar-refractivity contribution is 7.10. The highest BCUT2D eigenvalue weighted by atomic mass is 32.1. The third-order valence-electron chi connectivity index (χ3n) is 2.58. The van der Waals surface area contributed by atoms with Gasteiger partial charge in [0, 0.05) is 4.88 Å². The van der Waals surface area contributed by atoms with Crippen molar-refractivity contribution < 1.29 is 14.3 Å². The summed E-state index contributed by atoms with van der Waals surface area (Å²) in [5, 5.41) is 4.68. The highest BCUT2D eigenvalue weighted by Gasteiger charge is 2.21. The molecule has 0 aromatic carbocycles. The molecular formula is C12H18N2O3S. The summed E-state index contributed by atoms with van der Waals surface area (Å²) >= 11 is 1.48. The Labute approximate surface area is 110 Å². The Bertz CT molecular complexity index is 392. The number of hydrogen-bond acceptors (Lipinski definition) is 5. The van der Waals surface area contributed by atoms with Crippen molar-refractivity contribution in [3.05, 3.63) is 22.4 Å². The maximum absolute atomic E-state index is 11.8. The summed E-state index contributed by atoms with van der Waals surface area (Å²) in [7, 11) is 1.33. The van der Waals surface area contributed by atoms with Gasteiger partial charge in [0.2, 0.25) is 5.91 Å². The van der Waals surface area contributed by atoms with Gasteiger partial charge in [-0.3, -0.25) is 9.59 Å². The first kappa shape index (κ1) is 14.7. The molecule has 5 nitrogen and oxygen atoms in total. The van der Waals surface area contributed by atoms with Gasteiger partial charge in [-0.15, -0.1) is 11.3 Å². The molecule has 0 spiro atoms. The van der Waals surface area contributed by atoms with Crippen LogP contribution in [0, 0.1) is 0 Å². The van der Waals surface area contributed by atoms with Crippen molar-refractivity contribution >= 4 is 23.2 Å². The Kier molecular flexibility index (Phi) is 5.80. The van der Waals surface area contributed by atoms with Crippen molar-refractivity contribution in [2.24, 2.45) is 5.73 Å². The van der Waals surface area contributed by atoms with E-state index in [-0.39, 0.29) is 24.3 Å². The van der Waals surface area contributed by atoms with Crippen LogP contribution in [-0.2, 0) is 14.3 Å². The average molecular weight is 270 g/mol. The van der Waals surface area contributed by atoms with Gasteiger partial charge in [-0.2, -0.15) is 0 Å². The number of ether oxygens (including phenoxy) is 1. The summed E-state index contributed by atoms with van der Waals surface area (Å²) in [5.41, 5.74) is 5.66. The zero-order valence-electron chi connectivity index (χ0n) is 10.5. The fraction of sp³-hybridized carbons (Fsp3) is 0.500. The first-order valence-electron chi connectivity index (χ1n) is 5.74. The van der Waals surface area contributed by atoms with E-state index in [1.54, 1.807) is 0 Å². The molecule has 1 amide bonds. The van der Waals surface area contributed by atoms with E-state index in [0.29, 0.717) is 6.42 Å². The van der Waals surface area contributed by atoms with Crippen molar-refractivity contribution in [2.45, 2.75) is 31.8 Å². The summed E-state index contributed by atoms with van der Waals surface area (Å²) in [6.07, 6.45) is 0.667. The fourth-order valence-corrected chi connectivity index (χ4v) is 2.20. The van der Waals surface area contributed by atoms with E-state index in [0.717, 1.165) is 4.88 Å². The lowest BCUT2D eigenvalue weighted by atomic mass is 10.1. The lowest BCUT2D eigenvalue weighted by molar-refractivity contribution is -0.141. The summed E-state index contributed by atoms with van der Waals surface area (Å²) in [6, 6.07) is 2.82. The third-order valence-corrected chi connectivity index (χ3v) is 3.56. The lowest BCUT2D eigenvalue weighted by Gasteiger charge is -2.18.